The zero-order chi connectivity index (χ0) is 22.8. The van der Waals surface area contributed by atoms with E-state index in [1.54, 1.807) is 25.3 Å². The Balaban J connectivity index is 1.19. The molecule has 1 aromatic heterocycles. The molecular formula is C25H29N5O3. The highest BCUT2D eigenvalue weighted by Gasteiger charge is 2.43. The van der Waals surface area contributed by atoms with Crippen LogP contribution in [0.1, 0.15) is 18.4 Å². The monoisotopic (exact) mass is 447 g/mol. The molecule has 3 fully saturated rings. The topological polar surface area (TPSA) is 92.5 Å². The van der Waals surface area contributed by atoms with E-state index in [9.17, 15) is 9.90 Å². The first-order chi connectivity index (χ1) is 16.1. The Morgan fingerprint density at radius 1 is 1.24 bits per heavy atom. The van der Waals surface area contributed by atoms with Crippen LogP contribution in [0.2, 0.25) is 0 Å². The van der Waals surface area contributed by atoms with E-state index in [1.807, 2.05) is 41.2 Å². The van der Waals surface area contributed by atoms with Crippen molar-refractivity contribution < 1.29 is 14.6 Å². The van der Waals surface area contributed by atoms with E-state index in [1.165, 1.54) is 0 Å². The second-order valence-electron chi connectivity index (χ2n) is 8.95. The van der Waals surface area contributed by atoms with Gasteiger partial charge < -0.3 is 15.2 Å². The lowest BCUT2D eigenvalue weighted by atomic mass is 9.75. The SMILES string of the molecule is COc1ccccc1CNC(=O)[C@@H]1CN2CC[C@H]1C[C@@H]2Cn1cc(-c2cccc(O)c2)nn1. The Hall–Kier alpha value is -3.39. The van der Waals surface area contributed by atoms with E-state index in [4.69, 9.17) is 4.74 Å². The maximum atomic E-state index is 13.0. The zero-order valence-electron chi connectivity index (χ0n) is 18.7. The maximum absolute atomic E-state index is 13.0. The number of aromatic nitrogens is 3. The fourth-order valence-electron chi connectivity index (χ4n) is 5.19. The van der Waals surface area contributed by atoms with Crippen molar-refractivity contribution in [1.29, 1.82) is 0 Å². The Morgan fingerprint density at radius 2 is 2.12 bits per heavy atom. The van der Waals surface area contributed by atoms with Crippen molar-refractivity contribution in [3.8, 4) is 22.8 Å². The van der Waals surface area contributed by atoms with Gasteiger partial charge in [-0.15, -0.1) is 5.10 Å². The molecule has 0 spiro atoms. The third kappa shape index (κ3) is 4.57. The van der Waals surface area contributed by atoms with Crippen LogP contribution in [0.15, 0.2) is 54.7 Å². The molecule has 3 aliphatic rings. The molecule has 2 bridgehead atoms. The number of para-hydroxylation sites is 1. The van der Waals surface area contributed by atoms with Gasteiger partial charge >= 0.3 is 0 Å². The number of fused-ring (bicyclic) bond motifs is 3. The van der Waals surface area contributed by atoms with Crippen LogP contribution in [-0.4, -0.2) is 57.1 Å². The molecule has 3 aliphatic heterocycles. The maximum Gasteiger partial charge on any atom is 0.224 e. The molecule has 3 aromatic rings. The van der Waals surface area contributed by atoms with Crippen molar-refractivity contribution in [2.75, 3.05) is 20.2 Å². The Bertz CT molecular complexity index is 1130. The third-order valence-electron chi connectivity index (χ3n) is 6.94. The van der Waals surface area contributed by atoms with Crippen molar-refractivity contribution in [3.63, 3.8) is 0 Å². The Labute approximate surface area is 193 Å². The van der Waals surface area contributed by atoms with E-state index in [2.05, 4.69) is 20.5 Å². The van der Waals surface area contributed by atoms with Crippen LogP contribution in [0.4, 0.5) is 0 Å². The number of hydrogen-bond donors (Lipinski definition) is 2. The summed E-state index contributed by atoms with van der Waals surface area (Å²) >= 11 is 0. The fourth-order valence-corrected chi connectivity index (χ4v) is 5.19. The van der Waals surface area contributed by atoms with Crippen molar-refractivity contribution in [2.45, 2.75) is 32.0 Å². The summed E-state index contributed by atoms with van der Waals surface area (Å²) < 4.78 is 7.27. The van der Waals surface area contributed by atoms with Gasteiger partial charge in [0.05, 0.1) is 25.8 Å². The number of aromatic hydroxyl groups is 1. The van der Waals surface area contributed by atoms with Crippen molar-refractivity contribution in [2.24, 2.45) is 11.8 Å². The average Bonchev–Trinajstić information content (AvgIpc) is 3.31. The molecule has 2 N–H and O–H groups in total. The highest BCUT2D eigenvalue weighted by molar-refractivity contribution is 5.79. The van der Waals surface area contributed by atoms with Gasteiger partial charge in [-0.25, -0.2) is 0 Å². The minimum atomic E-state index is 0.0170. The van der Waals surface area contributed by atoms with Gasteiger partial charge in [-0.3, -0.25) is 14.4 Å². The lowest BCUT2D eigenvalue weighted by molar-refractivity contribution is -0.133. The van der Waals surface area contributed by atoms with Gasteiger partial charge in [0.1, 0.15) is 17.2 Å². The Morgan fingerprint density at radius 3 is 2.91 bits per heavy atom. The quantitative estimate of drug-likeness (QED) is 0.579. The summed E-state index contributed by atoms with van der Waals surface area (Å²) in [6, 6.07) is 15.2. The number of benzene rings is 2. The molecule has 4 heterocycles. The number of carbonyl (C=O) groups excluding carboxylic acids is 1. The summed E-state index contributed by atoms with van der Waals surface area (Å²) in [7, 11) is 1.65. The minimum absolute atomic E-state index is 0.0170. The van der Waals surface area contributed by atoms with Crippen LogP contribution in [0, 0.1) is 11.8 Å². The fraction of sp³-hybridized carbons (Fsp3) is 0.400. The number of carbonyl (C=O) groups is 1. The Kier molecular flexibility index (Phi) is 6.00. The van der Waals surface area contributed by atoms with Crippen LogP contribution in [0.3, 0.4) is 0 Å². The molecule has 8 heteroatoms. The second-order valence-corrected chi connectivity index (χ2v) is 8.95. The van der Waals surface area contributed by atoms with E-state index >= 15 is 0 Å². The first-order valence-electron chi connectivity index (χ1n) is 11.4. The number of hydrogen-bond acceptors (Lipinski definition) is 6. The summed E-state index contributed by atoms with van der Waals surface area (Å²) in [6.07, 6.45) is 3.96. The van der Waals surface area contributed by atoms with Gasteiger partial charge in [-0.2, -0.15) is 0 Å². The van der Waals surface area contributed by atoms with E-state index < -0.39 is 0 Å². The minimum Gasteiger partial charge on any atom is -0.508 e. The number of phenols is 1. The van der Waals surface area contributed by atoms with Crippen molar-refractivity contribution in [3.05, 3.63) is 60.3 Å². The molecular weight excluding hydrogens is 418 g/mol. The summed E-state index contributed by atoms with van der Waals surface area (Å²) in [4.78, 5) is 15.4. The largest absolute Gasteiger partial charge is 0.508 e. The van der Waals surface area contributed by atoms with Crippen molar-refractivity contribution in [1.82, 2.24) is 25.2 Å². The van der Waals surface area contributed by atoms with Crippen LogP contribution < -0.4 is 10.1 Å². The van der Waals surface area contributed by atoms with Crippen LogP contribution in [-0.2, 0) is 17.9 Å². The van der Waals surface area contributed by atoms with Crippen LogP contribution in [0.5, 0.6) is 11.5 Å². The summed E-state index contributed by atoms with van der Waals surface area (Å²) in [5, 5.41) is 21.4. The van der Waals surface area contributed by atoms with Gasteiger partial charge in [0.25, 0.3) is 0 Å². The molecule has 4 atom stereocenters. The molecule has 0 radical (unpaired) electrons. The standard InChI is InChI=1S/C25H29N5O3/c1-33-24-8-3-2-5-19(24)13-26-25(32)22-15-29-10-9-17(22)11-20(29)14-30-16-23(27-28-30)18-6-4-7-21(31)12-18/h2-8,12,16-17,20,22,31H,9-11,13-15H2,1H3,(H,26,32)/t17-,20+,22+/m0/s1. The molecule has 1 amide bonds. The number of ether oxygens (including phenoxy) is 1. The van der Waals surface area contributed by atoms with Crippen LogP contribution >= 0.6 is 0 Å². The van der Waals surface area contributed by atoms with Crippen LogP contribution in [0.25, 0.3) is 11.3 Å². The van der Waals surface area contributed by atoms with E-state index in [-0.39, 0.29) is 17.6 Å². The number of methoxy groups -OCH3 is 1. The van der Waals surface area contributed by atoms with Gasteiger partial charge in [0.2, 0.25) is 5.91 Å². The summed E-state index contributed by atoms with van der Waals surface area (Å²) in [5.41, 5.74) is 2.58. The molecule has 0 aliphatic carbocycles. The number of amides is 1. The van der Waals surface area contributed by atoms with Gasteiger partial charge in [-0.1, -0.05) is 35.5 Å². The molecule has 3 saturated heterocycles. The van der Waals surface area contributed by atoms with E-state index in [0.717, 1.165) is 55.0 Å². The van der Waals surface area contributed by atoms with E-state index in [0.29, 0.717) is 18.5 Å². The van der Waals surface area contributed by atoms with Gasteiger partial charge in [-0.05, 0) is 43.5 Å². The first kappa shape index (κ1) is 21.5. The summed E-state index contributed by atoms with van der Waals surface area (Å²) in [6.45, 7) is 3.02. The third-order valence-corrected chi connectivity index (χ3v) is 6.94. The lowest BCUT2D eigenvalue weighted by Gasteiger charge is -2.49. The summed E-state index contributed by atoms with van der Waals surface area (Å²) in [5.74, 6) is 1.54. The van der Waals surface area contributed by atoms with Crippen molar-refractivity contribution >= 4 is 5.91 Å². The predicted molar refractivity (Wildman–Crippen MR) is 124 cm³/mol. The highest BCUT2D eigenvalue weighted by atomic mass is 16.5. The molecule has 172 valence electrons. The number of phenolic OH excluding ortho intramolecular Hbond substituents is 1. The number of nitrogens with zero attached hydrogens (tertiary/aromatic N) is 4. The number of rotatable bonds is 7. The molecule has 0 saturated carbocycles. The molecule has 1 unspecified atom stereocenters. The average molecular weight is 448 g/mol. The number of piperidine rings is 3. The number of nitrogens with one attached hydrogen (secondary N) is 1. The molecule has 6 rings (SSSR count). The predicted octanol–water partition coefficient (Wildman–Crippen LogP) is 2.69. The molecule has 8 nitrogen and oxygen atoms in total. The lowest BCUT2D eigenvalue weighted by Crippen LogP contribution is -2.58. The molecule has 2 aromatic carbocycles. The molecule has 33 heavy (non-hydrogen) atoms. The zero-order valence-corrected chi connectivity index (χ0v) is 18.7. The second kappa shape index (κ2) is 9.23. The first-order valence-corrected chi connectivity index (χ1v) is 11.4. The van der Waals surface area contributed by atoms with Gasteiger partial charge in [0.15, 0.2) is 0 Å². The van der Waals surface area contributed by atoms with Gasteiger partial charge in [0, 0.05) is 30.3 Å². The highest BCUT2D eigenvalue weighted by Crippen LogP contribution is 2.37. The normalized spacial score (nSPS) is 23.9. The smallest absolute Gasteiger partial charge is 0.224 e.